The Morgan fingerprint density at radius 1 is 1.20 bits per heavy atom. The SMILES string of the molecule is COc1ccc(CCNC(=NCC(=O)N(C)C)NC(C)Cc2ccc(C)s2)cc1.I. The van der Waals surface area contributed by atoms with Crippen molar-refractivity contribution in [2.75, 3.05) is 34.3 Å². The lowest BCUT2D eigenvalue weighted by Crippen LogP contribution is -2.44. The number of rotatable bonds is 9. The van der Waals surface area contributed by atoms with Gasteiger partial charge in [-0.05, 0) is 50.1 Å². The molecule has 0 spiro atoms. The number of amides is 1. The first kappa shape index (κ1) is 26.2. The molecule has 0 bridgehead atoms. The normalized spacial score (nSPS) is 12.0. The van der Waals surface area contributed by atoms with Gasteiger partial charge in [-0.2, -0.15) is 0 Å². The van der Waals surface area contributed by atoms with Crippen LogP contribution in [0.2, 0.25) is 0 Å². The number of benzene rings is 1. The van der Waals surface area contributed by atoms with Crippen LogP contribution in [0.15, 0.2) is 41.4 Å². The van der Waals surface area contributed by atoms with Crippen LogP contribution in [0.1, 0.15) is 22.2 Å². The Bertz CT molecular complexity index is 806. The lowest BCUT2D eigenvalue weighted by Gasteiger charge is -2.18. The Labute approximate surface area is 201 Å². The van der Waals surface area contributed by atoms with E-state index < -0.39 is 0 Å². The van der Waals surface area contributed by atoms with Gasteiger partial charge in [0.15, 0.2) is 5.96 Å². The van der Waals surface area contributed by atoms with Crippen LogP contribution in [0, 0.1) is 6.92 Å². The Morgan fingerprint density at radius 3 is 2.47 bits per heavy atom. The minimum absolute atomic E-state index is 0. The maximum absolute atomic E-state index is 11.9. The number of halogens is 1. The second kappa shape index (κ2) is 13.5. The molecule has 0 aliphatic heterocycles. The van der Waals surface area contributed by atoms with Gasteiger partial charge < -0.3 is 20.3 Å². The molecule has 1 heterocycles. The number of aliphatic imine (C=N–C) groups is 1. The van der Waals surface area contributed by atoms with E-state index >= 15 is 0 Å². The fourth-order valence-corrected chi connectivity index (χ4v) is 3.76. The first-order chi connectivity index (χ1) is 13.9. The third kappa shape index (κ3) is 9.34. The van der Waals surface area contributed by atoms with Crippen LogP contribution in [-0.2, 0) is 17.6 Å². The molecule has 0 aliphatic carbocycles. The number of nitrogens with one attached hydrogen (secondary N) is 2. The summed E-state index contributed by atoms with van der Waals surface area (Å²) in [5.74, 6) is 1.49. The van der Waals surface area contributed by atoms with E-state index in [1.807, 2.05) is 23.5 Å². The van der Waals surface area contributed by atoms with E-state index in [9.17, 15) is 4.79 Å². The van der Waals surface area contributed by atoms with Crippen LogP contribution < -0.4 is 15.4 Å². The number of thiophene rings is 1. The molecule has 30 heavy (non-hydrogen) atoms. The maximum Gasteiger partial charge on any atom is 0.243 e. The van der Waals surface area contributed by atoms with Crippen molar-refractivity contribution in [1.82, 2.24) is 15.5 Å². The predicted molar refractivity (Wildman–Crippen MR) is 136 cm³/mol. The van der Waals surface area contributed by atoms with Crippen molar-refractivity contribution >= 4 is 47.2 Å². The van der Waals surface area contributed by atoms with E-state index in [0.29, 0.717) is 5.96 Å². The summed E-state index contributed by atoms with van der Waals surface area (Å²) < 4.78 is 5.20. The molecule has 6 nitrogen and oxygen atoms in total. The summed E-state index contributed by atoms with van der Waals surface area (Å²) in [5.41, 5.74) is 1.21. The molecule has 1 atom stereocenters. The standard InChI is InChI=1S/C22H32N4O2S.HI/c1-16(14-20-11-6-17(2)29-20)25-22(24-15-21(27)26(3)4)23-13-12-18-7-9-19(28-5)10-8-18;/h6-11,16H,12-15H2,1-5H3,(H2,23,24,25);1H. The number of carbonyl (C=O) groups excluding carboxylic acids is 1. The van der Waals surface area contributed by atoms with Gasteiger partial charge in [0.05, 0.1) is 7.11 Å². The number of methoxy groups -OCH3 is 1. The average Bonchev–Trinajstić information content (AvgIpc) is 3.10. The molecule has 2 aromatic rings. The molecule has 8 heteroatoms. The number of ether oxygens (including phenoxy) is 1. The van der Waals surface area contributed by atoms with E-state index in [1.165, 1.54) is 15.3 Å². The van der Waals surface area contributed by atoms with Gasteiger partial charge in [-0.1, -0.05) is 12.1 Å². The number of aryl methyl sites for hydroxylation is 1. The highest BCUT2D eigenvalue weighted by Gasteiger charge is 2.10. The smallest absolute Gasteiger partial charge is 0.243 e. The molecule has 0 saturated heterocycles. The first-order valence-corrected chi connectivity index (χ1v) is 10.6. The number of carbonyl (C=O) groups is 1. The number of hydrogen-bond acceptors (Lipinski definition) is 4. The molecule has 1 aromatic carbocycles. The summed E-state index contributed by atoms with van der Waals surface area (Å²) in [5, 5.41) is 6.78. The van der Waals surface area contributed by atoms with Crippen molar-refractivity contribution < 1.29 is 9.53 Å². The molecular weight excluding hydrogens is 511 g/mol. The van der Waals surface area contributed by atoms with Gasteiger partial charge in [0.1, 0.15) is 12.3 Å². The number of nitrogens with zero attached hydrogens (tertiary/aromatic N) is 2. The quantitative estimate of drug-likeness (QED) is 0.288. The molecule has 2 N–H and O–H groups in total. The fraction of sp³-hybridized carbons (Fsp3) is 0.455. The lowest BCUT2D eigenvalue weighted by molar-refractivity contribution is -0.127. The minimum atomic E-state index is -0.0252. The second-order valence-electron chi connectivity index (χ2n) is 7.24. The van der Waals surface area contributed by atoms with E-state index in [-0.39, 0.29) is 42.5 Å². The first-order valence-electron chi connectivity index (χ1n) is 9.80. The predicted octanol–water partition coefficient (Wildman–Crippen LogP) is 3.48. The van der Waals surface area contributed by atoms with Crippen molar-refractivity contribution in [3.8, 4) is 5.75 Å². The van der Waals surface area contributed by atoms with Gasteiger partial charge in [-0.3, -0.25) is 4.79 Å². The van der Waals surface area contributed by atoms with Crippen molar-refractivity contribution in [2.45, 2.75) is 32.7 Å². The second-order valence-corrected chi connectivity index (χ2v) is 8.61. The zero-order chi connectivity index (χ0) is 21.2. The highest BCUT2D eigenvalue weighted by molar-refractivity contribution is 14.0. The van der Waals surface area contributed by atoms with Crippen LogP contribution >= 0.6 is 35.3 Å². The highest BCUT2D eigenvalue weighted by Crippen LogP contribution is 2.16. The summed E-state index contributed by atoms with van der Waals surface area (Å²) in [7, 11) is 5.15. The highest BCUT2D eigenvalue weighted by atomic mass is 127. The molecule has 0 saturated carbocycles. The van der Waals surface area contributed by atoms with Crippen molar-refractivity contribution in [3.63, 3.8) is 0 Å². The van der Waals surface area contributed by atoms with Gasteiger partial charge in [-0.15, -0.1) is 35.3 Å². The molecule has 2 rings (SSSR count). The number of likely N-dealkylation sites (N-methyl/N-ethyl adjacent to an activating group) is 1. The van der Waals surface area contributed by atoms with Crippen LogP contribution in [-0.4, -0.2) is 57.1 Å². The summed E-state index contributed by atoms with van der Waals surface area (Å²) >= 11 is 1.81. The van der Waals surface area contributed by atoms with Gasteiger partial charge in [0.2, 0.25) is 5.91 Å². The summed E-state index contributed by atoms with van der Waals surface area (Å²) in [4.78, 5) is 20.6. The molecular formula is C22H33IN4O2S. The van der Waals surface area contributed by atoms with E-state index in [0.717, 1.165) is 25.1 Å². The van der Waals surface area contributed by atoms with E-state index in [2.05, 4.69) is 53.7 Å². The topological polar surface area (TPSA) is 66.0 Å². The fourth-order valence-electron chi connectivity index (χ4n) is 2.74. The Hall–Kier alpha value is -1.81. The van der Waals surface area contributed by atoms with Crippen LogP contribution in [0.25, 0.3) is 0 Å². The lowest BCUT2D eigenvalue weighted by atomic mass is 10.1. The van der Waals surface area contributed by atoms with Gasteiger partial charge in [-0.25, -0.2) is 4.99 Å². The van der Waals surface area contributed by atoms with Gasteiger partial charge >= 0.3 is 0 Å². The molecule has 1 amide bonds. The summed E-state index contributed by atoms with van der Waals surface area (Å²) in [6, 6.07) is 12.6. The summed E-state index contributed by atoms with van der Waals surface area (Å²) in [6.45, 7) is 5.09. The largest absolute Gasteiger partial charge is 0.497 e. The zero-order valence-corrected chi connectivity index (χ0v) is 21.5. The molecule has 1 unspecified atom stereocenters. The van der Waals surface area contributed by atoms with Crippen molar-refractivity contribution in [1.29, 1.82) is 0 Å². The van der Waals surface area contributed by atoms with Gasteiger partial charge in [0, 0.05) is 42.9 Å². The van der Waals surface area contributed by atoms with Crippen LogP contribution in [0.3, 0.4) is 0 Å². The van der Waals surface area contributed by atoms with Gasteiger partial charge in [0.25, 0.3) is 0 Å². The third-order valence-electron chi connectivity index (χ3n) is 4.42. The Kier molecular flexibility index (Phi) is 11.8. The third-order valence-corrected chi connectivity index (χ3v) is 5.45. The monoisotopic (exact) mass is 544 g/mol. The zero-order valence-electron chi connectivity index (χ0n) is 18.4. The Balaban J connectivity index is 0.00000450. The van der Waals surface area contributed by atoms with E-state index in [1.54, 1.807) is 26.1 Å². The summed E-state index contributed by atoms with van der Waals surface area (Å²) in [6.07, 6.45) is 1.77. The average molecular weight is 545 g/mol. The number of guanidine groups is 1. The molecule has 0 radical (unpaired) electrons. The molecule has 1 aromatic heterocycles. The van der Waals surface area contributed by atoms with E-state index in [4.69, 9.17) is 4.74 Å². The minimum Gasteiger partial charge on any atom is -0.497 e. The number of hydrogen-bond donors (Lipinski definition) is 2. The molecule has 166 valence electrons. The molecule has 0 fully saturated rings. The van der Waals surface area contributed by atoms with Crippen LogP contribution in [0.4, 0.5) is 0 Å². The van der Waals surface area contributed by atoms with Crippen molar-refractivity contribution in [3.05, 3.63) is 51.7 Å². The van der Waals surface area contributed by atoms with Crippen LogP contribution in [0.5, 0.6) is 5.75 Å². The molecule has 0 aliphatic rings. The maximum atomic E-state index is 11.9. The van der Waals surface area contributed by atoms with Crippen molar-refractivity contribution in [2.24, 2.45) is 4.99 Å². The Morgan fingerprint density at radius 2 is 1.90 bits per heavy atom.